The maximum atomic E-state index is 13.9. The Kier molecular flexibility index (Phi) is 3.88. The van der Waals surface area contributed by atoms with Crippen LogP contribution in [0.4, 0.5) is 10.1 Å². The second-order valence-corrected chi connectivity index (χ2v) is 7.03. The van der Waals surface area contributed by atoms with Gasteiger partial charge in [-0.1, -0.05) is 11.6 Å². The summed E-state index contributed by atoms with van der Waals surface area (Å²) in [6.45, 7) is 1.73. The number of thiophene rings is 1. The summed E-state index contributed by atoms with van der Waals surface area (Å²) < 4.78 is 14.7. The van der Waals surface area contributed by atoms with E-state index in [2.05, 4.69) is 5.32 Å². The fourth-order valence-corrected chi connectivity index (χ4v) is 4.14. The highest BCUT2D eigenvalue weighted by Crippen LogP contribution is 2.40. The topological polar surface area (TPSA) is 35.8 Å². The molecule has 0 saturated carbocycles. The standard InChI is InChI=1S/C16H14ClFN2S/c1-9-12(18)5-10(8-19)6-14(9)20-13-3-2-4-15-11(13)7-16(17)21-15/h5-7,13,20H,2-4H2,1H3. The number of hydrogen-bond acceptors (Lipinski definition) is 3. The Labute approximate surface area is 132 Å². The van der Waals surface area contributed by atoms with Crippen molar-refractivity contribution in [2.75, 3.05) is 5.32 Å². The van der Waals surface area contributed by atoms with Crippen molar-refractivity contribution >= 4 is 28.6 Å². The van der Waals surface area contributed by atoms with Crippen molar-refractivity contribution in [1.29, 1.82) is 5.26 Å². The number of nitriles is 1. The predicted molar refractivity (Wildman–Crippen MR) is 84.5 cm³/mol. The smallest absolute Gasteiger partial charge is 0.129 e. The molecule has 3 rings (SSSR count). The van der Waals surface area contributed by atoms with Gasteiger partial charge in [-0.25, -0.2) is 4.39 Å². The largest absolute Gasteiger partial charge is 0.378 e. The van der Waals surface area contributed by atoms with Gasteiger partial charge >= 0.3 is 0 Å². The monoisotopic (exact) mass is 320 g/mol. The average molecular weight is 321 g/mol. The number of hydrogen-bond donors (Lipinski definition) is 1. The van der Waals surface area contributed by atoms with Crippen LogP contribution in [-0.4, -0.2) is 0 Å². The molecular formula is C16H14ClFN2S. The number of halogens is 2. The Morgan fingerprint density at radius 3 is 3.00 bits per heavy atom. The van der Waals surface area contributed by atoms with Crippen molar-refractivity contribution in [3.05, 3.63) is 49.9 Å². The molecule has 108 valence electrons. The molecule has 5 heteroatoms. The Morgan fingerprint density at radius 2 is 2.24 bits per heavy atom. The third-order valence-corrected chi connectivity index (χ3v) is 5.23. The molecule has 0 amide bonds. The third kappa shape index (κ3) is 2.76. The van der Waals surface area contributed by atoms with Crippen molar-refractivity contribution in [2.45, 2.75) is 32.2 Å². The molecule has 1 unspecified atom stereocenters. The summed E-state index contributed by atoms with van der Waals surface area (Å²) in [7, 11) is 0. The van der Waals surface area contributed by atoms with Crippen LogP contribution in [0.2, 0.25) is 4.34 Å². The van der Waals surface area contributed by atoms with Gasteiger partial charge in [0.1, 0.15) is 5.82 Å². The van der Waals surface area contributed by atoms with E-state index in [9.17, 15) is 4.39 Å². The van der Waals surface area contributed by atoms with Crippen LogP contribution in [0.15, 0.2) is 18.2 Å². The maximum Gasteiger partial charge on any atom is 0.129 e. The first-order valence-corrected chi connectivity index (χ1v) is 8.03. The number of benzene rings is 1. The van der Waals surface area contributed by atoms with Gasteiger partial charge in [0, 0.05) is 16.1 Å². The van der Waals surface area contributed by atoms with Gasteiger partial charge in [0.2, 0.25) is 0 Å². The highest BCUT2D eigenvalue weighted by Gasteiger charge is 2.23. The summed E-state index contributed by atoms with van der Waals surface area (Å²) >= 11 is 7.73. The molecule has 2 aromatic rings. The molecule has 1 aromatic carbocycles. The molecular weight excluding hydrogens is 307 g/mol. The molecule has 2 nitrogen and oxygen atoms in total. The number of rotatable bonds is 2. The molecule has 0 fully saturated rings. The van der Waals surface area contributed by atoms with Crippen molar-refractivity contribution < 1.29 is 4.39 Å². The SMILES string of the molecule is Cc1c(F)cc(C#N)cc1NC1CCCc2sc(Cl)cc21. The molecule has 0 bridgehead atoms. The number of anilines is 1. The molecule has 0 spiro atoms. The van der Waals surface area contributed by atoms with Crippen LogP contribution >= 0.6 is 22.9 Å². The first-order chi connectivity index (χ1) is 10.1. The van der Waals surface area contributed by atoms with E-state index < -0.39 is 0 Å². The summed E-state index contributed by atoms with van der Waals surface area (Å²) in [6, 6.07) is 7.11. The number of aryl methyl sites for hydroxylation is 1. The third-order valence-electron chi connectivity index (χ3n) is 3.89. The normalized spacial score (nSPS) is 17.1. The van der Waals surface area contributed by atoms with Crippen LogP contribution in [0.3, 0.4) is 0 Å². The zero-order valence-corrected chi connectivity index (χ0v) is 13.1. The second kappa shape index (κ2) is 5.67. The fourth-order valence-electron chi connectivity index (χ4n) is 2.75. The van der Waals surface area contributed by atoms with E-state index in [1.165, 1.54) is 16.5 Å². The maximum absolute atomic E-state index is 13.9. The Hall–Kier alpha value is -1.57. The minimum Gasteiger partial charge on any atom is -0.378 e. The zero-order chi connectivity index (χ0) is 15.0. The average Bonchev–Trinajstić information content (AvgIpc) is 2.85. The van der Waals surface area contributed by atoms with Gasteiger partial charge in [-0.2, -0.15) is 5.26 Å². The van der Waals surface area contributed by atoms with Gasteiger partial charge in [0.05, 0.1) is 22.0 Å². The zero-order valence-electron chi connectivity index (χ0n) is 11.5. The first-order valence-electron chi connectivity index (χ1n) is 6.83. The van der Waals surface area contributed by atoms with Gasteiger partial charge in [0.15, 0.2) is 0 Å². The summed E-state index contributed by atoms with van der Waals surface area (Å²) in [6.07, 6.45) is 3.12. The molecule has 1 heterocycles. The minimum absolute atomic E-state index is 0.129. The van der Waals surface area contributed by atoms with Crippen LogP contribution in [-0.2, 0) is 6.42 Å². The van der Waals surface area contributed by atoms with Gasteiger partial charge in [-0.15, -0.1) is 11.3 Å². The molecule has 1 N–H and O–H groups in total. The quantitative estimate of drug-likeness (QED) is 0.824. The van der Waals surface area contributed by atoms with Crippen LogP contribution in [0.1, 0.15) is 40.5 Å². The van der Waals surface area contributed by atoms with Crippen molar-refractivity contribution in [1.82, 2.24) is 0 Å². The molecule has 21 heavy (non-hydrogen) atoms. The number of fused-ring (bicyclic) bond motifs is 1. The van der Waals surface area contributed by atoms with E-state index in [0.29, 0.717) is 16.8 Å². The van der Waals surface area contributed by atoms with E-state index >= 15 is 0 Å². The van der Waals surface area contributed by atoms with E-state index in [4.69, 9.17) is 16.9 Å². The van der Waals surface area contributed by atoms with Crippen LogP contribution in [0, 0.1) is 24.1 Å². The highest BCUT2D eigenvalue weighted by atomic mass is 35.5. The van der Waals surface area contributed by atoms with Crippen molar-refractivity contribution in [3.63, 3.8) is 0 Å². The Bertz CT molecular complexity index is 733. The van der Waals surface area contributed by atoms with Crippen LogP contribution in [0.5, 0.6) is 0 Å². The Balaban J connectivity index is 1.95. The molecule has 0 saturated heterocycles. The predicted octanol–water partition coefficient (Wildman–Crippen LogP) is 5.21. The highest BCUT2D eigenvalue weighted by molar-refractivity contribution is 7.16. The van der Waals surface area contributed by atoms with E-state index in [0.717, 1.165) is 23.6 Å². The van der Waals surface area contributed by atoms with E-state index in [1.807, 2.05) is 12.1 Å². The summed E-state index contributed by atoms with van der Waals surface area (Å²) in [5.41, 5.74) is 2.77. The van der Waals surface area contributed by atoms with Crippen molar-refractivity contribution in [3.8, 4) is 6.07 Å². The lowest BCUT2D eigenvalue weighted by Crippen LogP contribution is -2.16. The van der Waals surface area contributed by atoms with Crippen molar-refractivity contribution in [2.24, 2.45) is 0 Å². The first kappa shape index (κ1) is 14.4. The summed E-state index contributed by atoms with van der Waals surface area (Å²) in [4.78, 5) is 1.30. The number of nitrogens with one attached hydrogen (secondary N) is 1. The lowest BCUT2D eigenvalue weighted by Gasteiger charge is -2.25. The van der Waals surface area contributed by atoms with Gasteiger partial charge in [0.25, 0.3) is 0 Å². The molecule has 1 aromatic heterocycles. The lowest BCUT2D eigenvalue weighted by molar-refractivity contribution is 0.601. The molecule has 1 aliphatic carbocycles. The Morgan fingerprint density at radius 1 is 1.43 bits per heavy atom. The molecule has 0 radical (unpaired) electrons. The van der Waals surface area contributed by atoms with E-state index in [-0.39, 0.29) is 11.9 Å². The molecule has 1 aliphatic rings. The van der Waals surface area contributed by atoms with Crippen LogP contribution < -0.4 is 5.32 Å². The molecule has 1 atom stereocenters. The number of nitrogens with zero attached hydrogens (tertiary/aromatic N) is 1. The fraction of sp³-hybridized carbons (Fsp3) is 0.312. The van der Waals surface area contributed by atoms with Gasteiger partial charge < -0.3 is 5.32 Å². The van der Waals surface area contributed by atoms with Gasteiger partial charge in [-0.3, -0.25) is 0 Å². The summed E-state index contributed by atoms with van der Waals surface area (Å²) in [5, 5.41) is 12.4. The summed E-state index contributed by atoms with van der Waals surface area (Å²) in [5.74, 6) is -0.351. The second-order valence-electron chi connectivity index (χ2n) is 5.26. The molecule has 0 aliphatic heterocycles. The van der Waals surface area contributed by atoms with Gasteiger partial charge in [-0.05, 0) is 49.9 Å². The van der Waals surface area contributed by atoms with E-state index in [1.54, 1.807) is 24.3 Å². The lowest BCUT2D eigenvalue weighted by atomic mass is 9.93. The van der Waals surface area contributed by atoms with Crippen LogP contribution in [0.25, 0.3) is 0 Å². The minimum atomic E-state index is -0.351.